The van der Waals surface area contributed by atoms with Crippen LogP contribution in [0.2, 0.25) is 5.02 Å². The van der Waals surface area contributed by atoms with Crippen molar-refractivity contribution in [2.45, 2.75) is 12.9 Å². The van der Waals surface area contributed by atoms with E-state index in [9.17, 15) is 13.2 Å². The smallest absolute Gasteiger partial charge is 0.495 e. The molecule has 0 bridgehead atoms. The number of nitrogens with zero attached hydrogens (tertiary/aromatic N) is 1. The second-order valence-electron chi connectivity index (χ2n) is 4.87. The number of hydrogen-bond donors (Lipinski definition) is 2. The Labute approximate surface area is 147 Å². The highest BCUT2D eigenvalue weighted by atomic mass is 35.5. The third-order valence-electron chi connectivity index (χ3n) is 3.01. The molecule has 0 amide bonds. The molecule has 0 radical (unpaired) electrons. The van der Waals surface area contributed by atoms with Crippen LogP contribution in [0.1, 0.15) is 5.56 Å². The third-order valence-corrected chi connectivity index (χ3v) is 3.30. The summed E-state index contributed by atoms with van der Waals surface area (Å²) in [6.07, 6.45) is -4.73. The van der Waals surface area contributed by atoms with Gasteiger partial charge in [0, 0.05) is 5.69 Å². The molecular weight excluding hydrogens is 359 g/mol. The Balaban J connectivity index is 1.95. The highest BCUT2D eigenvalue weighted by Gasteiger charge is 2.30. The fourth-order valence-electron chi connectivity index (χ4n) is 1.91. The van der Waals surface area contributed by atoms with Gasteiger partial charge in [0.05, 0.1) is 18.7 Å². The lowest BCUT2D eigenvalue weighted by atomic mass is 10.2. The van der Waals surface area contributed by atoms with E-state index in [1.54, 1.807) is 18.2 Å². The van der Waals surface area contributed by atoms with Crippen molar-refractivity contribution in [3.05, 3.63) is 53.1 Å². The summed E-state index contributed by atoms with van der Waals surface area (Å²) in [4.78, 5) is 4.14. The molecule has 134 valence electrons. The molecule has 25 heavy (non-hydrogen) atoms. The van der Waals surface area contributed by atoms with Crippen LogP contribution >= 0.6 is 11.6 Å². The molecule has 2 aromatic carbocycles. The first-order valence-corrected chi connectivity index (χ1v) is 7.40. The van der Waals surface area contributed by atoms with E-state index in [0.717, 1.165) is 5.56 Å². The first-order valence-electron chi connectivity index (χ1n) is 7.02. The largest absolute Gasteiger partial charge is 0.573 e. The number of hydrogen-bond acceptors (Lipinski definition) is 3. The molecule has 2 aromatic rings. The molecule has 0 unspecified atom stereocenters. The maximum atomic E-state index is 12.1. The molecule has 0 spiro atoms. The lowest BCUT2D eigenvalue weighted by molar-refractivity contribution is -0.274. The molecule has 0 aliphatic rings. The molecule has 2 rings (SSSR count). The van der Waals surface area contributed by atoms with Crippen LogP contribution < -0.4 is 20.5 Å². The zero-order chi connectivity index (χ0) is 18.4. The molecular formula is C16H15ClF3N3O2. The van der Waals surface area contributed by atoms with Crippen molar-refractivity contribution in [3.63, 3.8) is 0 Å². The fourth-order valence-corrected chi connectivity index (χ4v) is 2.19. The first-order chi connectivity index (χ1) is 11.8. The van der Waals surface area contributed by atoms with E-state index in [0.29, 0.717) is 16.5 Å². The van der Waals surface area contributed by atoms with Crippen LogP contribution in [0, 0.1) is 0 Å². The lowest BCUT2D eigenvalue weighted by Gasteiger charge is -2.10. The number of aliphatic imine (C=N–C) groups is 1. The van der Waals surface area contributed by atoms with Crippen LogP contribution in [0.15, 0.2) is 47.5 Å². The summed E-state index contributed by atoms with van der Waals surface area (Å²) in [7, 11) is 1.52. The second-order valence-corrected chi connectivity index (χ2v) is 5.27. The minimum atomic E-state index is -4.73. The summed E-state index contributed by atoms with van der Waals surface area (Å²) in [5.41, 5.74) is 7.06. The van der Waals surface area contributed by atoms with E-state index in [-0.39, 0.29) is 18.3 Å². The van der Waals surface area contributed by atoms with Crippen molar-refractivity contribution in [2.75, 3.05) is 12.4 Å². The number of halogens is 4. The molecule has 0 atom stereocenters. The van der Waals surface area contributed by atoms with Crippen LogP contribution in [0.4, 0.5) is 18.9 Å². The number of anilines is 1. The standard InChI is InChI=1S/C16H15ClF3N3O2/c1-24-14-7-2-10(8-13(14)17)9-22-15(21)23-11-3-5-12(6-4-11)25-16(18,19)20/h2-8H,9H2,1H3,(H3,21,22,23). The van der Waals surface area contributed by atoms with Crippen LogP contribution in [0.25, 0.3) is 0 Å². The van der Waals surface area contributed by atoms with Crippen molar-refractivity contribution in [3.8, 4) is 11.5 Å². The van der Waals surface area contributed by atoms with Gasteiger partial charge in [-0.1, -0.05) is 17.7 Å². The highest BCUT2D eigenvalue weighted by Crippen LogP contribution is 2.25. The normalized spacial score (nSPS) is 12.0. The Morgan fingerprint density at radius 2 is 1.88 bits per heavy atom. The van der Waals surface area contributed by atoms with Crippen LogP contribution in [0.5, 0.6) is 11.5 Å². The van der Waals surface area contributed by atoms with Gasteiger partial charge in [-0.05, 0) is 42.0 Å². The quantitative estimate of drug-likeness (QED) is 0.609. The van der Waals surface area contributed by atoms with E-state index in [2.05, 4.69) is 15.0 Å². The summed E-state index contributed by atoms with van der Waals surface area (Å²) in [6.45, 7) is 0.276. The Morgan fingerprint density at radius 1 is 1.20 bits per heavy atom. The Bertz CT molecular complexity index is 749. The molecule has 0 saturated heterocycles. The predicted molar refractivity (Wildman–Crippen MR) is 90.1 cm³/mol. The summed E-state index contributed by atoms with van der Waals surface area (Å²) in [5.74, 6) is 0.347. The van der Waals surface area contributed by atoms with Crippen molar-refractivity contribution >= 4 is 23.2 Å². The highest BCUT2D eigenvalue weighted by molar-refractivity contribution is 6.32. The maximum absolute atomic E-state index is 12.1. The van der Waals surface area contributed by atoms with Gasteiger partial charge in [-0.25, -0.2) is 4.99 Å². The molecule has 3 N–H and O–H groups in total. The van der Waals surface area contributed by atoms with Gasteiger partial charge in [0.2, 0.25) is 0 Å². The number of benzene rings is 2. The molecule has 0 fully saturated rings. The van der Waals surface area contributed by atoms with Gasteiger partial charge in [-0.15, -0.1) is 13.2 Å². The molecule has 0 aromatic heterocycles. The maximum Gasteiger partial charge on any atom is 0.573 e. The van der Waals surface area contributed by atoms with E-state index in [4.69, 9.17) is 22.1 Å². The van der Waals surface area contributed by atoms with E-state index in [1.165, 1.54) is 31.4 Å². The van der Waals surface area contributed by atoms with E-state index >= 15 is 0 Å². The molecule has 0 saturated carbocycles. The number of guanidine groups is 1. The topological polar surface area (TPSA) is 68.9 Å². The molecule has 0 aliphatic heterocycles. The van der Waals surface area contributed by atoms with Gasteiger partial charge in [0.25, 0.3) is 0 Å². The van der Waals surface area contributed by atoms with E-state index in [1.807, 2.05) is 0 Å². The third kappa shape index (κ3) is 6.07. The van der Waals surface area contributed by atoms with Gasteiger partial charge in [0.15, 0.2) is 5.96 Å². The Hall–Kier alpha value is -2.61. The minimum absolute atomic E-state index is 0.108. The van der Waals surface area contributed by atoms with E-state index < -0.39 is 6.36 Å². The monoisotopic (exact) mass is 373 g/mol. The molecule has 5 nitrogen and oxygen atoms in total. The number of nitrogens with two attached hydrogens (primary N) is 1. The van der Waals surface area contributed by atoms with Gasteiger partial charge in [-0.2, -0.15) is 0 Å². The van der Waals surface area contributed by atoms with Gasteiger partial charge >= 0.3 is 6.36 Å². The average Bonchev–Trinajstić information content (AvgIpc) is 2.53. The van der Waals surface area contributed by atoms with Crippen LogP contribution in [0.3, 0.4) is 0 Å². The van der Waals surface area contributed by atoms with Crippen molar-refractivity contribution < 1.29 is 22.6 Å². The van der Waals surface area contributed by atoms with Gasteiger partial charge < -0.3 is 20.5 Å². The number of alkyl halides is 3. The minimum Gasteiger partial charge on any atom is -0.495 e. The SMILES string of the molecule is COc1ccc(CN=C(N)Nc2ccc(OC(F)(F)F)cc2)cc1Cl. The lowest BCUT2D eigenvalue weighted by Crippen LogP contribution is -2.22. The number of nitrogens with one attached hydrogen (secondary N) is 1. The molecule has 0 heterocycles. The number of rotatable bonds is 5. The van der Waals surface area contributed by atoms with Crippen molar-refractivity contribution in [1.82, 2.24) is 0 Å². The van der Waals surface area contributed by atoms with Crippen LogP contribution in [-0.2, 0) is 6.54 Å². The number of methoxy groups -OCH3 is 1. The van der Waals surface area contributed by atoms with Gasteiger partial charge in [0.1, 0.15) is 11.5 Å². The second kappa shape index (κ2) is 7.98. The van der Waals surface area contributed by atoms with Crippen LogP contribution in [-0.4, -0.2) is 19.4 Å². The fraction of sp³-hybridized carbons (Fsp3) is 0.188. The summed E-state index contributed by atoms with van der Waals surface area (Å²) in [5, 5.41) is 3.23. The Morgan fingerprint density at radius 3 is 2.44 bits per heavy atom. The number of ether oxygens (including phenoxy) is 2. The molecule has 0 aliphatic carbocycles. The predicted octanol–water partition coefficient (Wildman–Crippen LogP) is 4.17. The zero-order valence-corrected chi connectivity index (χ0v) is 13.9. The average molecular weight is 374 g/mol. The Kier molecular flexibility index (Phi) is 5.97. The summed E-state index contributed by atoms with van der Waals surface area (Å²) in [6, 6.07) is 10.4. The zero-order valence-electron chi connectivity index (χ0n) is 13.1. The summed E-state index contributed by atoms with van der Waals surface area (Å²) < 4.78 is 45.1. The van der Waals surface area contributed by atoms with Gasteiger partial charge in [-0.3, -0.25) is 0 Å². The molecule has 9 heteroatoms. The van der Waals surface area contributed by atoms with Crippen molar-refractivity contribution in [2.24, 2.45) is 10.7 Å². The first kappa shape index (κ1) is 18.7. The van der Waals surface area contributed by atoms with Crippen molar-refractivity contribution in [1.29, 1.82) is 0 Å². The summed E-state index contributed by atoms with van der Waals surface area (Å²) >= 11 is 6.02.